The van der Waals surface area contributed by atoms with Crippen molar-refractivity contribution < 1.29 is 19.1 Å². The molecule has 0 radical (unpaired) electrons. The second-order valence-electron chi connectivity index (χ2n) is 9.16. The molecule has 2 aliphatic rings. The van der Waals surface area contributed by atoms with Gasteiger partial charge in [-0.15, -0.1) is 0 Å². The van der Waals surface area contributed by atoms with Crippen molar-refractivity contribution in [2.45, 2.75) is 70.6 Å². The van der Waals surface area contributed by atoms with Gasteiger partial charge in [-0.1, -0.05) is 31.0 Å². The van der Waals surface area contributed by atoms with Gasteiger partial charge in [0.15, 0.2) is 0 Å². The number of hydrogen-bond acceptors (Lipinski definition) is 4. The zero-order chi connectivity index (χ0) is 21.7. The summed E-state index contributed by atoms with van der Waals surface area (Å²) < 4.78 is 5.19. The van der Waals surface area contributed by atoms with E-state index in [1.165, 1.54) is 0 Å². The highest BCUT2D eigenvalue weighted by Gasteiger charge is 2.47. The van der Waals surface area contributed by atoms with Gasteiger partial charge in [0.25, 0.3) is 5.91 Å². The van der Waals surface area contributed by atoms with E-state index in [1.807, 2.05) is 23.1 Å². The van der Waals surface area contributed by atoms with Gasteiger partial charge in [0, 0.05) is 24.7 Å². The maximum Gasteiger partial charge on any atom is 0.407 e. The smallest absolute Gasteiger partial charge is 0.407 e. The van der Waals surface area contributed by atoms with Crippen LogP contribution in [0.1, 0.15) is 63.2 Å². The molecule has 3 unspecified atom stereocenters. The number of likely N-dealkylation sites (tertiary alicyclic amines) is 1. The SMILES string of the molecule is CC(C)(C)OC(=O)NCCNC(=O)C1CC2CCCCC2N1C(=O)c1ccccc1. The number of amides is 3. The molecule has 0 aromatic heterocycles. The lowest BCUT2D eigenvalue weighted by molar-refractivity contribution is -0.125. The van der Waals surface area contributed by atoms with Crippen LogP contribution in [0.25, 0.3) is 0 Å². The Balaban J connectivity index is 1.60. The number of carbonyl (C=O) groups is 3. The van der Waals surface area contributed by atoms with Gasteiger partial charge in [0.1, 0.15) is 11.6 Å². The number of benzene rings is 1. The topological polar surface area (TPSA) is 87.7 Å². The summed E-state index contributed by atoms with van der Waals surface area (Å²) in [4.78, 5) is 39.7. The van der Waals surface area contributed by atoms with Crippen LogP contribution in [0.15, 0.2) is 30.3 Å². The third kappa shape index (κ3) is 5.52. The fraction of sp³-hybridized carbons (Fsp3) is 0.609. The fourth-order valence-electron chi connectivity index (χ4n) is 4.50. The molecule has 3 atom stereocenters. The van der Waals surface area contributed by atoms with Crippen LogP contribution in [0.4, 0.5) is 4.79 Å². The molecule has 7 heteroatoms. The lowest BCUT2D eigenvalue weighted by Crippen LogP contribution is -2.50. The Morgan fingerprint density at radius 1 is 1.03 bits per heavy atom. The van der Waals surface area contributed by atoms with Crippen molar-refractivity contribution in [2.75, 3.05) is 13.1 Å². The molecule has 164 valence electrons. The van der Waals surface area contributed by atoms with Gasteiger partial charge >= 0.3 is 6.09 Å². The number of nitrogens with zero attached hydrogens (tertiary/aromatic N) is 1. The highest BCUT2D eigenvalue weighted by Crippen LogP contribution is 2.40. The summed E-state index contributed by atoms with van der Waals surface area (Å²) in [5.41, 5.74) is 0.0549. The molecule has 1 saturated heterocycles. The average molecular weight is 416 g/mol. The number of ether oxygens (including phenoxy) is 1. The molecule has 1 heterocycles. The molecule has 0 bridgehead atoms. The molecule has 1 aromatic carbocycles. The lowest BCUT2D eigenvalue weighted by atomic mass is 9.84. The van der Waals surface area contributed by atoms with Crippen molar-refractivity contribution in [1.29, 1.82) is 0 Å². The van der Waals surface area contributed by atoms with Gasteiger partial charge in [-0.25, -0.2) is 4.79 Å². The standard InChI is InChI=1S/C23H33N3O4/c1-23(2,3)30-22(29)25-14-13-24-20(27)19-15-17-11-7-8-12-18(17)26(19)21(28)16-9-5-4-6-10-16/h4-6,9-10,17-19H,7-8,11-15H2,1-3H3,(H,24,27)(H,25,29). The first-order valence-corrected chi connectivity index (χ1v) is 10.9. The van der Waals surface area contributed by atoms with E-state index in [-0.39, 0.29) is 30.9 Å². The van der Waals surface area contributed by atoms with E-state index in [0.717, 1.165) is 25.7 Å². The van der Waals surface area contributed by atoms with E-state index in [4.69, 9.17) is 4.74 Å². The van der Waals surface area contributed by atoms with Crippen LogP contribution in [-0.4, -0.2) is 53.6 Å². The van der Waals surface area contributed by atoms with Crippen LogP contribution in [0.3, 0.4) is 0 Å². The summed E-state index contributed by atoms with van der Waals surface area (Å²) >= 11 is 0. The van der Waals surface area contributed by atoms with Crippen LogP contribution in [0.5, 0.6) is 0 Å². The van der Waals surface area contributed by atoms with Gasteiger partial charge in [-0.3, -0.25) is 9.59 Å². The molecule has 1 saturated carbocycles. The zero-order valence-corrected chi connectivity index (χ0v) is 18.1. The Hall–Kier alpha value is -2.57. The molecular formula is C23H33N3O4. The Labute approximate surface area is 178 Å². The Morgan fingerprint density at radius 2 is 1.70 bits per heavy atom. The van der Waals surface area contributed by atoms with Gasteiger partial charge in [0.05, 0.1) is 0 Å². The summed E-state index contributed by atoms with van der Waals surface area (Å²) in [5.74, 6) is 0.152. The van der Waals surface area contributed by atoms with Crippen LogP contribution in [-0.2, 0) is 9.53 Å². The maximum absolute atomic E-state index is 13.2. The van der Waals surface area contributed by atoms with E-state index in [2.05, 4.69) is 10.6 Å². The molecule has 1 aliphatic heterocycles. The predicted octanol–water partition coefficient (Wildman–Crippen LogP) is 3.10. The van der Waals surface area contributed by atoms with Crippen molar-refractivity contribution >= 4 is 17.9 Å². The van der Waals surface area contributed by atoms with Crippen LogP contribution in [0.2, 0.25) is 0 Å². The second-order valence-corrected chi connectivity index (χ2v) is 9.16. The quantitative estimate of drug-likeness (QED) is 0.724. The van der Waals surface area contributed by atoms with Gasteiger partial charge in [-0.2, -0.15) is 0 Å². The summed E-state index contributed by atoms with van der Waals surface area (Å²) in [6.07, 6.45) is 4.45. The van der Waals surface area contributed by atoms with Gasteiger partial charge < -0.3 is 20.3 Å². The molecule has 2 fully saturated rings. The molecule has 30 heavy (non-hydrogen) atoms. The largest absolute Gasteiger partial charge is 0.444 e. The molecule has 3 amide bonds. The maximum atomic E-state index is 13.2. The monoisotopic (exact) mass is 415 g/mol. The average Bonchev–Trinajstić information content (AvgIpc) is 3.09. The number of fused-ring (bicyclic) bond motifs is 1. The molecular weight excluding hydrogens is 382 g/mol. The lowest BCUT2D eigenvalue weighted by Gasteiger charge is -2.33. The number of hydrogen-bond donors (Lipinski definition) is 2. The molecule has 3 rings (SSSR count). The minimum atomic E-state index is -0.564. The zero-order valence-electron chi connectivity index (χ0n) is 18.1. The minimum absolute atomic E-state index is 0.0722. The molecule has 1 aliphatic carbocycles. The molecule has 2 N–H and O–H groups in total. The summed E-state index contributed by atoms with van der Waals surface area (Å²) in [6.45, 7) is 5.95. The first-order chi connectivity index (χ1) is 14.3. The third-order valence-corrected chi connectivity index (χ3v) is 5.74. The van der Waals surface area contributed by atoms with Crippen molar-refractivity contribution in [3.63, 3.8) is 0 Å². The first-order valence-electron chi connectivity index (χ1n) is 10.9. The molecule has 0 spiro atoms. The molecule has 1 aromatic rings. The highest BCUT2D eigenvalue weighted by atomic mass is 16.6. The van der Waals surface area contributed by atoms with Gasteiger partial charge in [0.2, 0.25) is 5.91 Å². The number of rotatable bonds is 5. The van der Waals surface area contributed by atoms with E-state index in [9.17, 15) is 14.4 Å². The number of carbonyl (C=O) groups excluding carboxylic acids is 3. The van der Waals surface area contributed by atoms with Crippen molar-refractivity contribution in [1.82, 2.24) is 15.5 Å². The van der Waals surface area contributed by atoms with Crippen LogP contribution >= 0.6 is 0 Å². The first kappa shape index (κ1) is 22.1. The summed E-state index contributed by atoms with van der Waals surface area (Å²) in [7, 11) is 0. The van der Waals surface area contributed by atoms with Crippen molar-refractivity contribution in [3.05, 3.63) is 35.9 Å². The van der Waals surface area contributed by atoms with E-state index < -0.39 is 17.7 Å². The highest BCUT2D eigenvalue weighted by molar-refractivity contribution is 5.98. The van der Waals surface area contributed by atoms with Gasteiger partial charge in [-0.05, 0) is 58.1 Å². The van der Waals surface area contributed by atoms with E-state index >= 15 is 0 Å². The predicted molar refractivity (Wildman–Crippen MR) is 114 cm³/mol. The fourth-order valence-corrected chi connectivity index (χ4v) is 4.50. The summed E-state index contributed by atoms with van der Waals surface area (Å²) in [5, 5.41) is 5.52. The molecule has 7 nitrogen and oxygen atoms in total. The van der Waals surface area contributed by atoms with E-state index in [1.54, 1.807) is 32.9 Å². The van der Waals surface area contributed by atoms with Crippen LogP contribution < -0.4 is 10.6 Å². The second kappa shape index (κ2) is 9.49. The van der Waals surface area contributed by atoms with E-state index in [0.29, 0.717) is 17.9 Å². The third-order valence-electron chi connectivity index (χ3n) is 5.74. The summed E-state index contributed by atoms with van der Waals surface area (Å²) in [6, 6.07) is 8.84. The number of alkyl carbamates (subject to hydrolysis) is 1. The van der Waals surface area contributed by atoms with Crippen molar-refractivity contribution in [2.24, 2.45) is 5.92 Å². The Morgan fingerprint density at radius 3 is 2.40 bits per heavy atom. The van der Waals surface area contributed by atoms with Crippen LogP contribution in [0, 0.1) is 5.92 Å². The Kier molecular flexibility index (Phi) is 7.00. The normalized spacial score (nSPS) is 23.4. The van der Waals surface area contributed by atoms with Crippen molar-refractivity contribution in [3.8, 4) is 0 Å². The minimum Gasteiger partial charge on any atom is -0.444 e. The number of nitrogens with one attached hydrogen (secondary N) is 2. The Bertz CT molecular complexity index is 759.